The van der Waals surface area contributed by atoms with E-state index in [2.05, 4.69) is 36.2 Å². The number of likely N-dealkylation sites (tertiary alicyclic amines) is 1. The van der Waals surface area contributed by atoms with E-state index < -0.39 is 0 Å². The van der Waals surface area contributed by atoms with Crippen LogP contribution in [0.5, 0.6) is 11.5 Å². The predicted octanol–water partition coefficient (Wildman–Crippen LogP) is 3.72. The number of rotatable bonds is 7. The van der Waals surface area contributed by atoms with E-state index in [4.69, 9.17) is 21.1 Å². The van der Waals surface area contributed by atoms with E-state index >= 15 is 0 Å². The van der Waals surface area contributed by atoms with Gasteiger partial charge in [-0.05, 0) is 48.2 Å². The van der Waals surface area contributed by atoms with E-state index in [0.717, 1.165) is 42.1 Å². The fraction of sp³-hybridized carbons (Fsp3) is 0.409. The summed E-state index contributed by atoms with van der Waals surface area (Å²) in [6.45, 7) is 7.06. The third-order valence-electron chi connectivity index (χ3n) is 5.10. The lowest BCUT2D eigenvalue weighted by Gasteiger charge is -2.38. The Morgan fingerprint density at radius 3 is 2.43 bits per heavy atom. The van der Waals surface area contributed by atoms with Crippen LogP contribution in [0.2, 0.25) is 5.02 Å². The Hall–Kier alpha value is -2.24. The number of carbonyl (C=O) groups is 1. The molecule has 0 unspecified atom stereocenters. The number of methoxy groups -OCH3 is 1. The van der Waals surface area contributed by atoms with Gasteiger partial charge in [-0.1, -0.05) is 29.8 Å². The average Bonchev–Trinajstić information content (AvgIpc) is 2.63. The molecule has 2 aromatic carbocycles. The highest BCUT2D eigenvalue weighted by molar-refractivity contribution is 6.32. The van der Waals surface area contributed by atoms with Gasteiger partial charge in [-0.2, -0.15) is 0 Å². The molecule has 1 aliphatic heterocycles. The molecule has 1 aliphatic rings. The van der Waals surface area contributed by atoms with Crippen molar-refractivity contribution in [2.75, 3.05) is 27.2 Å². The van der Waals surface area contributed by atoms with E-state index in [-0.39, 0.29) is 11.8 Å². The summed E-state index contributed by atoms with van der Waals surface area (Å²) < 4.78 is 11.3. The molecule has 6 heteroatoms. The largest absolute Gasteiger partial charge is 0.495 e. The van der Waals surface area contributed by atoms with Crippen molar-refractivity contribution in [1.29, 1.82) is 0 Å². The highest BCUT2D eigenvalue weighted by Crippen LogP contribution is 2.29. The second kappa shape index (κ2) is 8.84. The number of hydrogen-bond donors (Lipinski definition) is 1. The lowest BCUT2D eigenvalue weighted by atomic mass is 9.97. The van der Waals surface area contributed by atoms with Gasteiger partial charge in [0.15, 0.2) is 0 Å². The molecule has 0 atom stereocenters. The average molecular weight is 403 g/mol. The number of nitrogens with zero attached hydrogens (tertiary/aromatic N) is 1. The quantitative estimate of drug-likeness (QED) is 0.766. The Kier molecular flexibility index (Phi) is 6.47. The summed E-state index contributed by atoms with van der Waals surface area (Å²) >= 11 is 6.19. The number of benzene rings is 2. The zero-order chi connectivity index (χ0) is 20.3. The van der Waals surface area contributed by atoms with Gasteiger partial charge >= 0.3 is 0 Å². The normalized spacial score (nSPS) is 14.5. The van der Waals surface area contributed by atoms with Crippen LogP contribution in [-0.4, -0.2) is 38.1 Å². The SMILES string of the molecule is CNC(=O)C1CN(Cc2cc(C)c(OCc3ccc(OC)c(Cl)c3)c(C)c2)C1. The second-order valence-electron chi connectivity index (χ2n) is 7.32. The van der Waals surface area contributed by atoms with Crippen molar-refractivity contribution in [3.05, 3.63) is 57.6 Å². The lowest BCUT2D eigenvalue weighted by Crippen LogP contribution is -2.52. The van der Waals surface area contributed by atoms with E-state index in [1.165, 1.54) is 5.56 Å². The number of amides is 1. The van der Waals surface area contributed by atoms with Crippen LogP contribution in [0.3, 0.4) is 0 Å². The van der Waals surface area contributed by atoms with Gasteiger partial charge in [-0.25, -0.2) is 0 Å². The summed E-state index contributed by atoms with van der Waals surface area (Å²) in [4.78, 5) is 13.9. The monoisotopic (exact) mass is 402 g/mol. The van der Waals surface area contributed by atoms with Crippen molar-refractivity contribution < 1.29 is 14.3 Å². The molecule has 1 fully saturated rings. The van der Waals surface area contributed by atoms with Crippen LogP contribution in [0.1, 0.15) is 22.3 Å². The Morgan fingerprint density at radius 2 is 1.86 bits per heavy atom. The number of halogens is 1. The molecule has 5 nitrogen and oxygen atoms in total. The third-order valence-corrected chi connectivity index (χ3v) is 5.40. The van der Waals surface area contributed by atoms with Gasteiger partial charge in [0.1, 0.15) is 18.1 Å². The van der Waals surface area contributed by atoms with E-state index in [1.807, 2.05) is 18.2 Å². The van der Waals surface area contributed by atoms with Crippen LogP contribution in [-0.2, 0) is 17.9 Å². The molecule has 150 valence electrons. The molecule has 0 bridgehead atoms. The van der Waals surface area contributed by atoms with Crippen LogP contribution in [0.15, 0.2) is 30.3 Å². The Bertz CT molecular complexity index is 840. The second-order valence-corrected chi connectivity index (χ2v) is 7.73. The molecular formula is C22H27ClN2O3. The van der Waals surface area contributed by atoms with E-state index in [9.17, 15) is 4.79 Å². The van der Waals surface area contributed by atoms with Gasteiger partial charge in [-0.15, -0.1) is 0 Å². The van der Waals surface area contributed by atoms with Gasteiger partial charge < -0.3 is 14.8 Å². The first-order valence-corrected chi connectivity index (χ1v) is 9.78. The Balaban J connectivity index is 1.61. The van der Waals surface area contributed by atoms with E-state index in [0.29, 0.717) is 17.4 Å². The molecule has 1 heterocycles. The van der Waals surface area contributed by atoms with Crippen LogP contribution in [0.4, 0.5) is 0 Å². The fourth-order valence-electron chi connectivity index (χ4n) is 3.64. The van der Waals surface area contributed by atoms with E-state index in [1.54, 1.807) is 14.2 Å². The highest BCUT2D eigenvalue weighted by Gasteiger charge is 2.31. The summed E-state index contributed by atoms with van der Waals surface area (Å²) in [6.07, 6.45) is 0. The Morgan fingerprint density at radius 1 is 1.18 bits per heavy atom. The molecule has 3 rings (SSSR count). The van der Waals surface area contributed by atoms with Crippen LogP contribution in [0.25, 0.3) is 0 Å². The highest BCUT2D eigenvalue weighted by atomic mass is 35.5. The van der Waals surface area contributed by atoms with Crippen molar-refractivity contribution in [3.8, 4) is 11.5 Å². The molecule has 0 aliphatic carbocycles. The minimum absolute atomic E-state index is 0.117. The van der Waals surface area contributed by atoms with Crippen molar-refractivity contribution in [2.24, 2.45) is 5.92 Å². The summed E-state index contributed by atoms with van der Waals surface area (Å²) in [5, 5.41) is 3.30. The molecule has 2 aromatic rings. The molecule has 0 spiro atoms. The topological polar surface area (TPSA) is 50.8 Å². The van der Waals surface area contributed by atoms with Gasteiger partial charge in [0.25, 0.3) is 0 Å². The van der Waals surface area contributed by atoms with Crippen LogP contribution < -0.4 is 14.8 Å². The van der Waals surface area contributed by atoms with Gasteiger partial charge in [0.05, 0.1) is 18.1 Å². The van der Waals surface area contributed by atoms with Crippen molar-refractivity contribution >= 4 is 17.5 Å². The first kappa shape index (κ1) is 20.5. The number of ether oxygens (including phenoxy) is 2. The molecule has 0 aromatic heterocycles. The predicted molar refractivity (Wildman–Crippen MR) is 111 cm³/mol. The maximum Gasteiger partial charge on any atom is 0.225 e. The summed E-state index contributed by atoms with van der Waals surface area (Å²) in [6, 6.07) is 10.00. The van der Waals surface area contributed by atoms with Crippen LogP contribution >= 0.6 is 11.6 Å². The van der Waals surface area contributed by atoms with Crippen molar-refractivity contribution in [3.63, 3.8) is 0 Å². The summed E-state index contributed by atoms with van der Waals surface area (Å²) in [5.74, 6) is 1.81. The maximum absolute atomic E-state index is 11.6. The minimum Gasteiger partial charge on any atom is -0.495 e. The Labute approximate surface area is 171 Å². The number of hydrogen-bond acceptors (Lipinski definition) is 4. The third kappa shape index (κ3) is 4.59. The molecular weight excluding hydrogens is 376 g/mol. The molecule has 1 amide bonds. The van der Waals surface area contributed by atoms with Crippen LogP contribution in [0, 0.1) is 19.8 Å². The molecule has 28 heavy (non-hydrogen) atoms. The minimum atomic E-state index is 0.117. The first-order valence-electron chi connectivity index (χ1n) is 9.40. The fourth-order valence-corrected chi connectivity index (χ4v) is 3.92. The lowest BCUT2D eigenvalue weighted by molar-refractivity contribution is -0.129. The van der Waals surface area contributed by atoms with Gasteiger partial charge in [-0.3, -0.25) is 9.69 Å². The molecule has 1 N–H and O–H groups in total. The first-order chi connectivity index (χ1) is 13.4. The maximum atomic E-state index is 11.6. The molecule has 1 saturated heterocycles. The van der Waals surface area contributed by atoms with Gasteiger partial charge in [0.2, 0.25) is 5.91 Å². The van der Waals surface area contributed by atoms with Crippen molar-refractivity contribution in [2.45, 2.75) is 27.0 Å². The molecule has 0 saturated carbocycles. The number of carbonyl (C=O) groups excluding carboxylic acids is 1. The zero-order valence-corrected chi connectivity index (χ0v) is 17.6. The molecule has 0 radical (unpaired) electrons. The summed E-state index contributed by atoms with van der Waals surface area (Å²) in [5.41, 5.74) is 4.45. The smallest absolute Gasteiger partial charge is 0.225 e. The summed E-state index contributed by atoms with van der Waals surface area (Å²) in [7, 11) is 3.29. The number of aryl methyl sites for hydroxylation is 2. The van der Waals surface area contributed by atoms with Gasteiger partial charge in [0, 0.05) is 26.7 Å². The number of nitrogens with one attached hydrogen (secondary N) is 1. The van der Waals surface area contributed by atoms with Crippen molar-refractivity contribution in [1.82, 2.24) is 10.2 Å². The standard InChI is InChI=1S/C22H27ClN2O3/c1-14-7-17(10-25-11-18(12-25)22(26)24-3)8-15(2)21(14)28-13-16-5-6-20(27-4)19(23)9-16/h5-9,18H,10-13H2,1-4H3,(H,24,26). The zero-order valence-electron chi connectivity index (χ0n) is 16.8.